The molecule has 2 aromatic carbocycles. The van der Waals surface area contributed by atoms with Crippen molar-refractivity contribution in [2.24, 2.45) is 5.92 Å². The Labute approximate surface area is 133 Å². The first-order valence-corrected chi connectivity index (χ1v) is 8.61. The Bertz CT molecular complexity index is 519. The second-order valence-electron chi connectivity index (χ2n) is 5.80. The summed E-state index contributed by atoms with van der Waals surface area (Å²) in [5.74, 6) is 1.76. The van der Waals surface area contributed by atoms with Crippen LogP contribution in [-0.4, -0.2) is 12.8 Å². The van der Waals surface area contributed by atoms with Gasteiger partial charge in [0.05, 0.1) is 0 Å². The summed E-state index contributed by atoms with van der Waals surface area (Å²) in [7, 11) is 2.04. The molecule has 0 aliphatic rings. The highest BCUT2D eigenvalue weighted by Gasteiger charge is 2.10. The Morgan fingerprint density at radius 1 is 0.952 bits per heavy atom. The van der Waals surface area contributed by atoms with E-state index >= 15 is 0 Å². The molecule has 21 heavy (non-hydrogen) atoms. The van der Waals surface area contributed by atoms with Crippen LogP contribution in [-0.2, 0) is 6.42 Å². The van der Waals surface area contributed by atoms with E-state index in [1.165, 1.54) is 16.0 Å². The van der Waals surface area contributed by atoms with Gasteiger partial charge in [-0.15, -0.1) is 11.8 Å². The maximum absolute atomic E-state index is 3.43. The first-order valence-electron chi connectivity index (χ1n) is 7.63. The molecule has 0 aliphatic heterocycles. The quantitative estimate of drug-likeness (QED) is 0.727. The maximum Gasteiger partial charge on any atom is 0.0412 e. The Hall–Kier alpha value is -1.25. The standard InChI is InChI=1S/C19H25NS/c1-15(2)13-16-9-11-17(12-10-16)19(20-3)14-21-18-7-5-4-6-8-18/h4-12,15,19-20H,13-14H2,1-3H3. The van der Waals surface area contributed by atoms with Crippen LogP contribution in [0.5, 0.6) is 0 Å². The average molecular weight is 299 g/mol. The molecule has 1 N–H and O–H groups in total. The van der Waals surface area contributed by atoms with Crippen molar-refractivity contribution in [3.05, 3.63) is 65.7 Å². The van der Waals surface area contributed by atoms with Crippen molar-refractivity contribution >= 4 is 11.8 Å². The molecule has 1 unspecified atom stereocenters. The topological polar surface area (TPSA) is 12.0 Å². The van der Waals surface area contributed by atoms with Gasteiger partial charge in [0.2, 0.25) is 0 Å². The van der Waals surface area contributed by atoms with E-state index in [0.717, 1.165) is 12.2 Å². The molecule has 0 spiro atoms. The van der Waals surface area contributed by atoms with Crippen molar-refractivity contribution in [3.63, 3.8) is 0 Å². The molecule has 1 nitrogen and oxygen atoms in total. The summed E-state index contributed by atoms with van der Waals surface area (Å²) in [6, 6.07) is 20.1. The first kappa shape index (κ1) is 16.1. The van der Waals surface area contributed by atoms with Crippen molar-refractivity contribution in [1.29, 1.82) is 0 Å². The summed E-state index contributed by atoms with van der Waals surface area (Å²) < 4.78 is 0. The molecule has 2 heteroatoms. The molecule has 0 saturated carbocycles. The van der Waals surface area contributed by atoms with Gasteiger partial charge in [0, 0.05) is 16.7 Å². The Balaban J connectivity index is 1.97. The predicted molar refractivity (Wildman–Crippen MR) is 94.0 cm³/mol. The second-order valence-corrected chi connectivity index (χ2v) is 6.90. The van der Waals surface area contributed by atoms with Gasteiger partial charge in [0.1, 0.15) is 0 Å². The van der Waals surface area contributed by atoms with Gasteiger partial charge in [-0.25, -0.2) is 0 Å². The summed E-state index contributed by atoms with van der Waals surface area (Å²) in [5, 5.41) is 3.43. The third-order valence-corrected chi connectivity index (χ3v) is 4.64. The molecule has 0 bridgehead atoms. The van der Waals surface area contributed by atoms with Gasteiger partial charge in [-0.2, -0.15) is 0 Å². The molecular weight excluding hydrogens is 274 g/mol. The van der Waals surface area contributed by atoms with Crippen LogP contribution in [0.3, 0.4) is 0 Å². The second kappa shape index (κ2) is 8.26. The van der Waals surface area contributed by atoms with Gasteiger partial charge in [-0.1, -0.05) is 56.3 Å². The van der Waals surface area contributed by atoms with E-state index in [0.29, 0.717) is 12.0 Å². The van der Waals surface area contributed by atoms with Crippen LogP contribution < -0.4 is 5.32 Å². The molecule has 0 amide bonds. The van der Waals surface area contributed by atoms with Gasteiger partial charge < -0.3 is 5.32 Å². The minimum atomic E-state index is 0.392. The van der Waals surface area contributed by atoms with Crippen LogP contribution in [0.1, 0.15) is 31.0 Å². The lowest BCUT2D eigenvalue weighted by Crippen LogP contribution is -2.18. The van der Waals surface area contributed by atoms with Crippen LogP contribution in [0.25, 0.3) is 0 Å². The van der Waals surface area contributed by atoms with Crippen molar-refractivity contribution in [1.82, 2.24) is 5.32 Å². The molecule has 2 rings (SSSR count). The van der Waals surface area contributed by atoms with Crippen LogP contribution in [0, 0.1) is 5.92 Å². The largest absolute Gasteiger partial charge is 0.312 e. The molecule has 0 aromatic heterocycles. The number of hydrogen-bond donors (Lipinski definition) is 1. The minimum Gasteiger partial charge on any atom is -0.312 e. The summed E-state index contributed by atoms with van der Waals surface area (Å²) >= 11 is 1.90. The van der Waals surface area contributed by atoms with Crippen LogP contribution in [0.2, 0.25) is 0 Å². The van der Waals surface area contributed by atoms with E-state index < -0.39 is 0 Å². The van der Waals surface area contributed by atoms with Gasteiger partial charge >= 0.3 is 0 Å². The molecule has 0 heterocycles. The summed E-state index contributed by atoms with van der Waals surface area (Å²) in [6.45, 7) is 4.53. The molecule has 2 aromatic rings. The van der Waals surface area contributed by atoms with Crippen molar-refractivity contribution in [3.8, 4) is 0 Å². The molecule has 0 radical (unpaired) electrons. The molecule has 112 valence electrons. The lowest BCUT2D eigenvalue weighted by Gasteiger charge is -2.17. The lowest BCUT2D eigenvalue weighted by molar-refractivity contribution is 0.643. The van der Waals surface area contributed by atoms with Crippen molar-refractivity contribution in [2.45, 2.75) is 31.2 Å². The fraction of sp³-hybridized carbons (Fsp3) is 0.368. The highest BCUT2D eigenvalue weighted by atomic mass is 32.2. The van der Waals surface area contributed by atoms with E-state index in [1.807, 2.05) is 18.8 Å². The summed E-state index contributed by atoms with van der Waals surface area (Å²) in [5.41, 5.74) is 2.80. The van der Waals surface area contributed by atoms with E-state index in [9.17, 15) is 0 Å². The summed E-state index contributed by atoms with van der Waals surface area (Å²) in [6.07, 6.45) is 1.16. The SMILES string of the molecule is CNC(CSc1ccccc1)c1ccc(CC(C)C)cc1. The zero-order valence-electron chi connectivity index (χ0n) is 13.2. The first-order chi connectivity index (χ1) is 10.2. The number of hydrogen-bond acceptors (Lipinski definition) is 2. The fourth-order valence-corrected chi connectivity index (χ4v) is 3.47. The van der Waals surface area contributed by atoms with Crippen molar-refractivity contribution in [2.75, 3.05) is 12.8 Å². The van der Waals surface area contributed by atoms with Gasteiger partial charge in [0.15, 0.2) is 0 Å². The molecule has 0 aliphatic carbocycles. The molecule has 0 saturated heterocycles. The third-order valence-electron chi connectivity index (χ3n) is 3.53. The Kier molecular flexibility index (Phi) is 6.34. The van der Waals surface area contributed by atoms with E-state index in [1.54, 1.807) is 0 Å². The van der Waals surface area contributed by atoms with E-state index in [4.69, 9.17) is 0 Å². The number of thioether (sulfide) groups is 1. The van der Waals surface area contributed by atoms with Crippen molar-refractivity contribution < 1.29 is 0 Å². The van der Waals surface area contributed by atoms with E-state index in [2.05, 4.69) is 73.8 Å². The highest BCUT2D eigenvalue weighted by molar-refractivity contribution is 7.99. The molecule has 1 atom stereocenters. The van der Waals surface area contributed by atoms with E-state index in [-0.39, 0.29) is 0 Å². The van der Waals surface area contributed by atoms with Gasteiger partial charge in [0.25, 0.3) is 0 Å². The van der Waals surface area contributed by atoms with Gasteiger partial charge in [-0.3, -0.25) is 0 Å². The maximum atomic E-state index is 3.43. The molecule has 0 fully saturated rings. The Morgan fingerprint density at radius 2 is 1.62 bits per heavy atom. The van der Waals surface area contributed by atoms with Gasteiger partial charge in [-0.05, 0) is 42.6 Å². The fourth-order valence-electron chi connectivity index (χ4n) is 2.40. The monoisotopic (exact) mass is 299 g/mol. The number of rotatable bonds is 7. The van der Waals surface area contributed by atoms with Crippen LogP contribution in [0.4, 0.5) is 0 Å². The zero-order chi connectivity index (χ0) is 15.1. The molecular formula is C19H25NS. The predicted octanol–water partition coefficient (Wildman–Crippen LogP) is 4.94. The lowest BCUT2D eigenvalue weighted by atomic mass is 10.00. The Morgan fingerprint density at radius 3 is 2.19 bits per heavy atom. The zero-order valence-corrected chi connectivity index (χ0v) is 14.0. The third kappa shape index (κ3) is 5.22. The number of nitrogens with one attached hydrogen (secondary N) is 1. The number of benzene rings is 2. The smallest absolute Gasteiger partial charge is 0.0412 e. The minimum absolute atomic E-state index is 0.392. The van der Waals surface area contributed by atoms with Crippen LogP contribution in [0.15, 0.2) is 59.5 Å². The average Bonchev–Trinajstić information content (AvgIpc) is 2.50. The summed E-state index contributed by atoms with van der Waals surface area (Å²) in [4.78, 5) is 1.33. The van der Waals surface area contributed by atoms with Crippen LogP contribution >= 0.6 is 11.8 Å². The normalized spacial score (nSPS) is 12.6. The highest BCUT2D eigenvalue weighted by Crippen LogP contribution is 2.24.